The summed E-state index contributed by atoms with van der Waals surface area (Å²) >= 11 is 0. The number of carbonyl (C=O) groups excluding carboxylic acids is 2. The van der Waals surface area contributed by atoms with Gasteiger partial charge in [0.1, 0.15) is 0 Å². The van der Waals surface area contributed by atoms with Gasteiger partial charge in [0, 0.05) is 26.0 Å². The Morgan fingerprint density at radius 1 is 1.04 bits per heavy atom. The molecule has 0 fully saturated rings. The molecule has 0 bridgehead atoms. The number of ether oxygens (including phenoxy) is 1. The van der Waals surface area contributed by atoms with Gasteiger partial charge in [0.05, 0.1) is 16.6 Å². The smallest absolute Gasteiger partial charge is 0.338 e. The summed E-state index contributed by atoms with van der Waals surface area (Å²) in [6, 6.07) is 14.6. The lowest BCUT2D eigenvalue weighted by molar-refractivity contribution is -0.139. The number of fused-ring (bicyclic) bond motifs is 1. The third kappa shape index (κ3) is 4.03. The molecule has 3 aromatic rings. The zero-order valence-electron chi connectivity index (χ0n) is 14.6. The predicted molar refractivity (Wildman–Crippen MR) is 97.3 cm³/mol. The van der Waals surface area contributed by atoms with Gasteiger partial charge in [-0.2, -0.15) is 0 Å². The molecule has 0 aliphatic heterocycles. The SMILES string of the molecule is C[C@H](OC(=O)c1ccc2nccnc2c1)C(=O)N(C)Cc1ccccc1. The van der Waals surface area contributed by atoms with Crippen LogP contribution in [-0.2, 0) is 16.1 Å². The average molecular weight is 349 g/mol. The molecule has 132 valence electrons. The summed E-state index contributed by atoms with van der Waals surface area (Å²) in [6.45, 7) is 2.02. The Kier molecular flexibility index (Phi) is 5.22. The molecule has 3 rings (SSSR count). The maximum Gasteiger partial charge on any atom is 0.338 e. The van der Waals surface area contributed by atoms with E-state index in [9.17, 15) is 9.59 Å². The number of hydrogen-bond donors (Lipinski definition) is 0. The topological polar surface area (TPSA) is 72.4 Å². The van der Waals surface area contributed by atoms with Crippen molar-refractivity contribution in [1.82, 2.24) is 14.9 Å². The molecule has 0 saturated heterocycles. The fraction of sp³-hybridized carbons (Fsp3) is 0.200. The van der Waals surface area contributed by atoms with Crippen LogP contribution in [0.1, 0.15) is 22.8 Å². The minimum absolute atomic E-state index is 0.261. The third-order valence-corrected chi connectivity index (χ3v) is 3.98. The quantitative estimate of drug-likeness (QED) is 0.662. The first kappa shape index (κ1) is 17.5. The first-order valence-electron chi connectivity index (χ1n) is 8.25. The summed E-state index contributed by atoms with van der Waals surface area (Å²) in [5.74, 6) is -0.825. The molecule has 0 aliphatic carbocycles. The van der Waals surface area contributed by atoms with Crippen molar-refractivity contribution in [2.45, 2.75) is 19.6 Å². The number of carbonyl (C=O) groups is 2. The largest absolute Gasteiger partial charge is 0.449 e. The van der Waals surface area contributed by atoms with Gasteiger partial charge in [0.15, 0.2) is 6.10 Å². The van der Waals surface area contributed by atoms with Crippen molar-refractivity contribution in [2.75, 3.05) is 7.05 Å². The molecule has 2 aromatic carbocycles. The average Bonchev–Trinajstić information content (AvgIpc) is 2.67. The molecule has 26 heavy (non-hydrogen) atoms. The van der Waals surface area contributed by atoms with Crippen LogP contribution in [0.4, 0.5) is 0 Å². The van der Waals surface area contributed by atoms with Crippen LogP contribution in [0.15, 0.2) is 60.9 Å². The first-order valence-corrected chi connectivity index (χ1v) is 8.25. The van der Waals surface area contributed by atoms with Crippen LogP contribution in [0.2, 0.25) is 0 Å². The molecule has 6 nitrogen and oxygen atoms in total. The number of amides is 1. The van der Waals surface area contributed by atoms with E-state index in [1.165, 1.54) is 0 Å². The summed E-state index contributed by atoms with van der Waals surface area (Å²) in [5, 5.41) is 0. The molecule has 0 N–H and O–H groups in total. The normalized spacial score (nSPS) is 11.8. The van der Waals surface area contributed by atoms with Crippen LogP contribution in [-0.4, -0.2) is 39.9 Å². The second-order valence-corrected chi connectivity index (χ2v) is 5.99. The zero-order chi connectivity index (χ0) is 18.5. The molecular weight excluding hydrogens is 330 g/mol. The molecule has 1 aromatic heterocycles. The Morgan fingerprint density at radius 3 is 2.46 bits per heavy atom. The van der Waals surface area contributed by atoms with E-state index in [0.717, 1.165) is 5.56 Å². The second kappa shape index (κ2) is 7.74. The third-order valence-electron chi connectivity index (χ3n) is 3.98. The van der Waals surface area contributed by atoms with Gasteiger partial charge in [-0.3, -0.25) is 14.8 Å². The van der Waals surface area contributed by atoms with Crippen LogP contribution in [0.3, 0.4) is 0 Å². The van der Waals surface area contributed by atoms with Crippen LogP contribution < -0.4 is 0 Å². The number of rotatable bonds is 5. The van der Waals surface area contributed by atoms with Crippen LogP contribution in [0.25, 0.3) is 11.0 Å². The summed E-state index contributed by atoms with van der Waals surface area (Å²) in [6.07, 6.45) is 2.26. The molecule has 0 aliphatic rings. The molecule has 0 unspecified atom stereocenters. The number of nitrogens with zero attached hydrogens (tertiary/aromatic N) is 3. The first-order chi connectivity index (χ1) is 12.5. The molecule has 1 amide bonds. The standard InChI is InChI=1S/C20H19N3O3/c1-14(19(24)23(2)13-15-6-4-3-5-7-15)26-20(25)16-8-9-17-18(12-16)22-11-10-21-17/h3-12,14H,13H2,1-2H3/t14-/m0/s1. The Morgan fingerprint density at radius 2 is 1.73 bits per heavy atom. The summed E-state index contributed by atoms with van der Waals surface area (Å²) in [7, 11) is 1.69. The van der Waals surface area contributed by atoms with Gasteiger partial charge in [-0.05, 0) is 30.7 Å². The van der Waals surface area contributed by atoms with Gasteiger partial charge in [0.2, 0.25) is 0 Å². The van der Waals surface area contributed by atoms with Gasteiger partial charge in [0.25, 0.3) is 5.91 Å². The van der Waals surface area contributed by atoms with Gasteiger partial charge in [-0.1, -0.05) is 30.3 Å². The van der Waals surface area contributed by atoms with Gasteiger partial charge >= 0.3 is 5.97 Å². The highest BCUT2D eigenvalue weighted by Gasteiger charge is 2.22. The van der Waals surface area contributed by atoms with Crippen molar-refractivity contribution in [2.24, 2.45) is 0 Å². The van der Waals surface area contributed by atoms with Gasteiger partial charge in [-0.15, -0.1) is 0 Å². The maximum atomic E-state index is 12.5. The van der Waals surface area contributed by atoms with E-state index in [1.54, 1.807) is 49.5 Å². The molecule has 1 heterocycles. The Balaban J connectivity index is 1.64. The van der Waals surface area contributed by atoms with E-state index in [0.29, 0.717) is 23.1 Å². The molecular formula is C20H19N3O3. The number of benzene rings is 2. The Hall–Kier alpha value is -3.28. The molecule has 0 spiro atoms. The summed E-state index contributed by atoms with van der Waals surface area (Å²) < 4.78 is 5.33. The van der Waals surface area contributed by atoms with Gasteiger partial charge < -0.3 is 9.64 Å². The van der Waals surface area contributed by atoms with E-state index in [4.69, 9.17) is 4.74 Å². The summed E-state index contributed by atoms with van der Waals surface area (Å²) in [4.78, 5) is 34.7. The summed E-state index contributed by atoms with van der Waals surface area (Å²) in [5.41, 5.74) is 2.64. The molecule has 6 heteroatoms. The number of hydrogen-bond acceptors (Lipinski definition) is 5. The van der Waals surface area contributed by atoms with Crippen LogP contribution >= 0.6 is 0 Å². The highest BCUT2D eigenvalue weighted by molar-refractivity contribution is 5.95. The van der Waals surface area contributed by atoms with E-state index in [2.05, 4.69) is 9.97 Å². The Bertz CT molecular complexity index is 928. The predicted octanol–water partition coefficient (Wildman–Crippen LogP) is 2.83. The molecule has 1 atom stereocenters. The van der Waals surface area contributed by atoms with Crippen LogP contribution in [0.5, 0.6) is 0 Å². The minimum Gasteiger partial charge on any atom is -0.449 e. The van der Waals surface area contributed by atoms with E-state index >= 15 is 0 Å². The van der Waals surface area contributed by atoms with Crippen molar-refractivity contribution >= 4 is 22.9 Å². The van der Waals surface area contributed by atoms with E-state index in [-0.39, 0.29) is 5.91 Å². The number of likely N-dealkylation sites (N-methyl/N-ethyl adjacent to an activating group) is 1. The lowest BCUT2D eigenvalue weighted by Gasteiger charge is -2.21. The highest BCUT2D eigenvalue weighted by Crippen LogP contribution is 2.13. The minimum atomic E-state index is -0.881. The number of esters is 1. The van der Waals surface area contributed by atoms with E-state index < -0.39 is 12.1 Å². The van der Waals surface area contributed by atoms with Crippen molar-refractivity contribution in [3.05, 3.63) is 72.1 Å². The molecule has 0 radical (unpaired) electrons. The maximum absolute atomic E-state index is 12.5. The Labute approximate surface area is 151 Å². The lowest BCUT2D eigenvalue weighted by atomic mass is 10.2. The van der Waals surface area contributed by atoms with Gasteiger partial charge in [-0.25, -0.2) is 4.79 Å². The fourth-order valence-corrected chi connectivity index (χ4v) is 2.61. The van der Waals surface area contributed by atoms with E-state index in [1.807, 2.05) is 30.3 Å². The molecule has 0 saturated carbocycles. The number of aromatic nitrogens is 2. The fourth-order valence-electron chi connectivity index (χ4n) is 2.61. The zero-order valence-corrected chi connectivity index (χ0v) is 14.6. The monoisotopic (exact) mass is 349 g/mol. The second-order valence-electron chi connectivity index (χ2n) is 5.99. The lowest BCUT2D eigenvalue weighted by Crippen LogP contribution is -2.37. The van der Waals surface area contributed by atoms with Crippen molar-refractivity contribution < 1.29 is 14.3 Å². The highest BCUT2D eigenvalue weighted by atomic mass is 16.5. The van der Waals surface area contributed by atoms with Crippen molar-refractivity contribution in [3.8, 4) is 0 Å². The van der Waals surface area contributed by atoms with Crippen molar-refractivity contribution in [3.63, 3.8) is 0 Å². The van der Waals surface area contributed by atoms with Crippen molar-refractivity contribution in [1.29, 1.82) is 0 Å². The van der Waals surface area contributed by atoms with Crippen LogP contribution in [0, 0.1) is 0 Å².